The molecule has 31 heavy (non-hydrogen) atoms. The van der Waals surface area contributed by atoms with Crippen molar-refractivity contribution in [1.82, 2.24) is 20.1 Å². The first-order valence-corrected chi connectivity index (χ1v) is 11.0. The molecule has 0 saturated heterocycles. The normalized spacial score (nSPS) is 17.1. The van der Waals surface area contributed by atoms with E-state index >= 15 is 0 Å². The van der Waals surface area contributed by atoms with Crippen LogP contribution in [0.15, 0.2) is 24.3 Å². The van der Waals surface area contributed by atoms with Gasteiger partial charge < -0.3 is 14.8 Å². The molecule has 2 aliphatic rings. The molecule has 0 bridgehead atoms. The Morgan fingerprint density at radius 2 is 1.90 bits per heavy atom. The van der Waals surface area contributed by atoms with Crippen molar-refractivity contribution in [3.8, 4) is 11.5 Å². The number of carbonyl (C=O) groups excluding carboxylic acids is 1. The Bertz CT molecular complexity index is 1160. The molecule has 0 radical (unpaired) electrons. The smallest absolute Gasteiger partial charge is 0.252 e. The van der Waals surface area contributed by atoms with E-state index < -0.39 is 0 Å². The number of rotatable bonds is 4. The quantitative estimate of drug-likeness (QED) is 0.692. The molecule has 1 fully saturated rings. The van der Waals surface area contributed by atoms with Crippen molar-refractivity contribution >= 4 is 16.9 Å². The topological polar surface area (TPSA) is 78.3 Å². The SMILES string of the molecule is Cc1cc(C(=O)NCC2(c3ccc4c(c3)OCO4)CCCCC2)c2c(C)nn(C)c2n1. The largest absolute Gasteiger partial charge is 0.454 e. The predicted octanol–water partition coefficient (Wildman–Crippen LogP) is 3.95. The van der Waals surface area contributed by atoms with Crippen molar-refractivity contribution in [3.63, 3.8) is 0 Å². The summed E-state index contributed by atoms with van der Waals surface area (Å²) in [4.78, 5) is 17.9. The van der Waals surface area contributed by atoms with Gasteiger partial charge in [0.25, 0.3) is 5.91 Å². The molecule has 2 aromatic heterocycles. The van der Waals surface area contributed by atoms with Gasteiger partial charge in [-0.1, -0.05) is 25.3 Å². The van der Waals surface area contributed by atoms with Gasteiger partial charge in [-0.05, 0) is 50.5 Å². The number of nitrogens with zero attached hydrogens (tertiary/aromatic N) is 3. The minimum absolute atomic E-state index is 0.0720. The molecular formula is C24H28N4O3. The highest BCUT2D eigenvalue weighted by molar-refractivity contribution is 6.06. The molecule has 1 aliphatic carbocycles. The second-order valence-electron chi connectivity index (χ2n) is 8.81. The summed E-state index contributed by atoms with van der Waals surface area (Å²) < 4.78 is 12.8. The lowest BCUT2D eigenvalue weighted by atomic mass is 9.69. The van der Waals surface area contributed by atoms with Gasteiger partial charge in [0.05, 0.1) is 16.6 Å². The molecule has 1 saturated carbocycles. The van der Waals surface area contributed by atoms with Gasteiger partial charge in [0.1, 0.15) is 0 Å². The molecule has 7 heteroatoms. The molecular weight excluding hydrogens is 392 g/mol. The number of fused-ring (bicyclic) bond motifs is 2. The number of carbonyl (C=O) groups is 1. The van der Waals surface area contributed by atoms with E-state index in [9.17, 15) is 4.79 Å². The van der Waals surface area contributed by atoms with E-state index in [2.05, 4.69) is 27.5 Å². The van der Waals surface area contributed by atoms with Crippen molar-refractivity contribution in [2.45, 2.75) is 51.4 Å². The van der Waals surface area contributed by atoms with Gasteiger partial charge in [0.2, 0.25) is 6.79 Å². The van der Waals surface area contributed by atoms with Gasteiger partial charge >= 0.3 is 0 Å². The van der Waals surface area contributed by atoms with Crippen LogP contribution in [0.5, 0.6) is 11.5 Å². The Hall–Kier alpha value is -3.09. The Labute approximate surface area is 181 Å². The fourth-order valence-electron chi connectivity index (χ4n) is 5.12. The summed E-state index contributed by atoms with van der Waals surface area (Å²) in [5, 5.41) is 8.55. The maximum Gasteiger partial charge on any atom is 0.252 e. The highest BCUT2D eigenvalue weighted by atomic mass is 16.7. The first-order valence-electron chi connectivity index (χ1n) is 11.0. The Kier molecular flexibility index (Phi) is 4.84. The van der Waals surface area contributed by atoms with Gasteiger partial charge in [0.15, 0.2) is 17.1 Å². The summed E-state index contributed by atoms with van der Waals surface area (Å²) in [6.07, 6.45) is 5.64. The zero-order chi connectivity index (χ0) is 21.6. The third-order valence-corrected chi connectivity index (χ3v) is 6.72. The van der Waals surface area contributed by atoms with Crippen molar-refractivity contribution in [3.05, 3.63) is 46.8 Å². The minimum atomic E-state index is -0.0972. The summed E-state index contributed by atoms with van der Waals surface area (Å²) in [5.74, 6) is 1.52. The van der Waals surface area contributed by atoms with Crippen molar-refractivity contribution in [1.29, 1.82) is 0 Å². The minimum Gasteiger partial charge on any atom is -0.454 e. The first-order chi connectivity index (χ1) is 15.0. The van der Waals surface area contributed by atoms with Crippen LogP contribution in [-0.4, -0.2) is 34.0 Å². The van der Waals surface area contributed by atoms with E-state index in [0.717, 1.165) is 59.6 Å². The molecule has 162 valence electrons. The van der Waals surface area contributed by atoms with Crippen LogP contribution in [0.2, 0.25) is 0 Å². The Morgan fingerprint density at radius 3 is 2.71 bits per heavy atom. The fourth-order valence-corrected chi connectivity index (χ4v) is 5.12. The zero-order valence-electron chi connectivity index (χ0n) is 18.3. The van der Waals surface area contributed by atoms with Gasteiger partial charge in [-0.15, -0.1) is 0 Å². The van der Waals surface area contributed by atoms with Crippen LogP contribution in [-0.2, 0) is 12.5 Å². The monoisotopic (exact) mass is 420 g/mol. The van der Waals surface area contributed by atoms with Crippen LogP contribution in [0.3, 0.4) is 0 Å². The molecule has 7 nitrogen and oxygen atoms in total. The maximum absolute atomic E-state index is 13.4. The van der Waals surface area contributed by atoms with Gasteiger partial charge in [0, 0.05) is 24.7 Å². The molecule has 5 rings (SSSR count). The number of hydrogen-bond donors (Lipinski definition) is 1. The molecule has 0 unspecified atom stereocenters. The highest BCUT2D eigenvalue weighted by Gasteiger charge is 2.35. The highest BCUT2D eigenvalue weighted by Crippen LogP contribution is 2.43. The Balaban J connectivity index is 1.45. The summed E-state index contributed by atoms with van der Waals surface area (Å²) in [5.41, 5.74) is 4.13. The summed E-state index contributed by atoms with van der Waals surface area (Å²) >= 11 is 0. The van der Waals surface area contributed by atoms with Crippen LogP contribution < -0.4 is 14.8 Å². The molecule has 0 spiro atoms. The number of ether oxygens (including phenoxy) is 2. The fraction of sp³-hybridized carbons (Fsp3) is 0.458. The number of pyridine rings is 1. The van der Waals surface area contributed by atoms with Crippen LogP contribution in [0.25, 0.3) is 11.0 Å². The summed E-state index contributed by atoms with van der Waals surface area (Å²) in [6.45, 7) is 4.69. The van der Waals surface area contributed by atoms with Crippen LogP contribution in [0, 0.1) is 13.8 Å². The lowest BCUT2D eigenvalue weighted by Gasteiger charge is -2.38. The lowest BCUT2D eigenvalue weighted by Crippen LogP contribution is -2.42. The molecule has 3 aromatic rings. The Morgan fingerprint density at radius 1 is 1.13 bits per heavy atom. The van der Waals surface area contributed by atoms with E-state index in [1.165, 1.54) is 12.0 Å². The standard InChI is InChI=1S/C24H28N4O3/c1-15-11-18(21-16(2)27-28(3)22(21)26-15)23(29)25-13-24(9-5-4-6-10-24)17-7-8-19-20(12-17)31-14-30-19/h7-8,11-12H,4-6,9-10,13-14H2,1-3H3,(H,25,29). The summed E-state index contributed by atoms with van der Waals surface area (Å²) in [7, 11) is 1.86. The van der Waals surface area contributed by atoms with Crippen LogP contribution >= 0.6 is 0 Å². The third-order valence-electron chi connectivity index (χ3n) is 6.72. The van der Waals surface area contributed by atoms with Crippen LogP contribution in [0.4, 0.5) is 0 Å². The second kappa shape index (κ2) is 7.55. The van der Waals surface area contributed by atoms with Crippen LogP contribution in [0.1, 0.15) is 59.4 Å². The van der Waals surface area contributed by atoms with Gasteiger partial charge in [-0.3, -0.25) is 9.48 Å². The number of nitrogens with one attached hydrogen (secondary N) is 1. The van der Waals surface area contributed by atoms with E-state index in [4.69, 9.17) is 9.47 Å². The molecule has 0 atom stereocenters. The predicted molar refractivity (Wildman–Crippen MR) is 118 cm³/mol. The van der Waals surface area contributed by atoms with Crippen molar-refractivity contribution in [2.24, 2.45) is 7.05 Å². The molecule has 1 aliphatic heterocycles. The van der Waals surface area contributed by atoms with Crippen molar-refractivity contribution < 1.29 is 14.3 Å². The average molecular weight is 421 g/mol. The lowest BCUT2D eigenvalue weighted by molar-refractivity contribution is 0.0938. The number of aromatic nitrogens is 3. The van der Waals surface area contributed by atoms with Gasteiger partial charge in [-0.2, -0.15) is 5.10 Å². The van der Waals surface area contributed by atoms with Crippen molar-refractivity contribution in [2.75, 3.05) is 13.3 Å². The number of benzene rings is 1. The average Bonchev–Trinajstić information content (AvgIpc) is 3.35. The van der Waals surface area contributed by atoms with E-state index in [-0.39, 0.29) is 18.1 Å². The third kappa shape index (κ3) is 3.42. The zero-order valence-corrected chi connectivity index (χ0v) is 18.3. The number of aryl methyl sites for hydroxylation is 3. The van der Waals surface area contributed by atoms with E-state index in [1.807, 2.05) is 33.0 Å². The van der Waals surface area contributed by atoms with Gasteiger partial charge in [-0.25, -0.2) is 4.98 Å². The molecule has 1 aromatic carbocycles. The summed E-state index contributed by atoms with van der Waals surface area (Å²) in [6, 6.07) is 8.08. The maximum atomic E-state index is 13.4. The number of hydrogen-bond acceptors (Lipinski definition) is 5. The second-order valence-corrected chi connectivity index (χ2v) is 8.81. The molecule has 3 heterocycles. The first kappa shape index (κ1) is 19.8. The molecule has 1 N–H and O–H groups in total. The van der Waals surface area contributed by atoms with E-state index in [0.29, 0.717) is 12.1 Å². The van der Waals surface area contributed by atoms with E-state index in [1.54, 1.807) is 4.68 Å². The molecule has 1 amide bonds. The number of amides is 1.